The molecular formula is C25H25ClFNO2. The van der Waals surface area contributed by atoms with Crippen LogP contribution in [0.25, 0.3) is 0 Å². The lowest BCUT2D eigenvalue weighted by atomic mass is 9.81. The largest absolute Gasteiger partial charge is 0.382 e. The topological polar surface area (TPSA) is 32.7 Å². The van der Waals surface area contributed by atoms with Gasteiger partial charge in [0.1, 0.15) is 17.5 Å². The van der Waals surface area contributed by atoms with Crippen LogP contribution in [0.4, 0.5) is 4.39 Å². The number of rotatable bonds is 6. The lowest BCUT2D eigenvalue weighted by Gasteiger charge is -2.42. The molecule has 0 bridgehead atoms. The highest BCUT2D eigenvalue weighted by molar-refractivity contribution is 6.31. The van der Waals surface area contributed by atoms with Gasteiger partial charge in [-0.25, -0.2) is 4.39 Å². The first-order valence-corrected chi connectivity index (χ1v) is 10.5. The Labute approximate surface area is 181 Å². The van der Waals surface area contributed by atoms with Crippen LogP contribution in [0.1, 0.15) is 16.7 Å². The molecule has 4 rings (SSSR count). The van der Waals surface area contributed by atoms with Crippen LogP contribution in [0, 0.1) is 5.82 Å². The van der Waals surface area contributed by atoms with Crippen LogP contribution >= 0.6 is 11.6 Å². The fraction of sp³-hybridized carbons (Fsp3) is 0.280. The van der Waals surface area contributed by atoms with Crippen LogP contribution in [0.2, 0.25) is 5.02 Å². The minimum Gasteiger partial charge on any atom is -0.382 e. The van der Waals surface area contributed by atoms with Gasteiger partial charge in [-0.3, -0.25) is 4.90 Å². The number of morpholine rings is 1. The third-order valence-corrected chi connectivity index (χ3v) is 6.04. The zero-order valence-corrected chi connectivity index (χ0v) is 17.4. The monoisotopic (exact) mass is 425 g/mol. The number of hydrogen-bond acceptors (Lipinski definition) is 3. The SMILES string of the molecule is OC(Cc1ccccc1Cl)(c1cccc(F)c1)[C@@H]1CN(Cc2ccccc2)CCO1. The van der Waals surface area contributed by atoms with Crippen LogP contribution in [0.3, 0.4) is 0 Å². The zero-order valence-electron chi connectivity index (χ0n) is 16.7. The van der Waals surface area contributed by atoms with Crippen molar-refractivity contribution < 1.29 is 14.2 Å². The molecule has 5 heteroatoms. The number of halogens is 2. The van der Waals surface area contributed by atoms with Crippen molar-refractivity contribution in [3.63, 3.8) is 0 Å². The van der Waals surface area contributed by atoms with E-state index in [2.05, 4.69) is 17.0 Å². The van der Waals surface area contributed by atoms with Crippen molar-refractivity contribution >= 4 is 11.6 Å². The molecule has 1 unspecified atom stereocenters. The zero-order chi connectivity index (χ0) is 21.0. The van der Waals surface area contributed by atoms with E-state index < -0.39 is 11.7 Å². The van der Waals surface area contributed by atoms with Gasteiger partial charge in [0.15, 0.2) is 0 Å². The molecule has 3 nitrogen and oxygen atoms in total. The van der Waals surface area contributed by atoms with Crippen LogP contribution in [-0.4, -0.2) is 35.8 Å². The number of benzene rings is 3. The summed E-state index contributed by atoms with van der Waals surface area (Å²) in [5, 5.41) is 12.5. The fourth-order valence-corrected chi connectivity index (χ4v) is 4.27. The van der Waals surface area contributed by atoms with Crippen LogP contribution in [-0.2, 0) is 23.3 Å². The molecule has 30 heavy (non-hydrogen) atoms. The summed E-state index contributed by atoms with van der Waals surface area (Å²) < 4.78 is 20.1. The van der Waals surface area contributed by atoms with Crippen molar-refractivity contribution in [2.45, 2.75) is 24.7 Å². The van der Waals surface area contributed by atoms with Gasteiger partial charge in [0.2, 0.25) is 0 Å². The number of ether oxygens (including phenoxy) is 1. The van der Waals surface area contributed by atoms with Crippen molar-refractivity contribution in [2.24, 2.45) is 0 Å². The molecular weight excluding hydrogens is 401 g/mol. The van der Waals surface area contributed by atoms with Crippen LogP contribution in [0.5, 0.6) is 0 Å². The van der Waals surface area contributed by atoms with Crippen molar-refractivity contribution in [3.8, 4) is 0 Å². The Morgan fingerprint density at radius 2 is 1.80 bits per heavy atom. The molecule has 2 atom stereocenters. The second kappa shape index (κ2) is 9.27. The maximum Gasteiger partial charge on any atom is 0.123 e. The Hall–Kier alpha value is -2.24. The van der Waals surface area contributed by atoms with Gasteiger partial charge in [-0.05, 0) is 34.9 Å². The van der Waals surface area contributed by atoms with Gasteiger partial charge < -0.3 is 9.84 Å². The van der Waals surface area contributed by atoms with Gasteiger partial charge in [-0.1, -0.05) is 72.3 Å². The molecule has 156 valence electrons. The van der Waals surface area contributed by atoms with Gasteiger partial charge >= 0.3 is 0 Å². The van der Waals surface area contributed by atoms with Gasteiger partial charge in [0.05, 0.1) is 6.61 Å². The molecule has 1 aliphatic heterocycles. The third kappa shape index (κ3) is 4.73. The summed E-state index contributed by atoms with van der Waals surface area (Å²) >= 11 is 6.39. The van der Waals surface area contributed by atoms with E-state index >= 15 is 0 Å². The standard InChI is InChI=1S/C25H25ClFNO2/c26-23-12-5-4-9-20(23)16-25(29,21-10-6-11-22(27)15-21)24-18-28(13-14-30-24)17-19-7-2-1-3-8-19/h1-12,15,24,29H,13-14,16-18H2/t24-,25?/m0/s1. The molecule has 0 aliphatic carbocycles. The van der Waals surface area contributed by atoms with E-state index in [-0.39, 0.29) is 12.2 Å². The summed E-state index contributed by atoms with van der Waals surface area (Å²) in [6.07, 6.45) is -0.284. The summed E-state index contributed by atoms with van der Waals surface area (Å²) in [4.78, 5) is 2.26. The summed E-state index contributed by atoms with van der Waals surface area (Å²) in [5.41, 5.74) is 1.09. The van der Waals surface area contributed by atoms with E-state index in [9.17, 15) is 9.50 Å². The molecule has 0 saturated carbocycles. The number of nitrogens with zero attached hydrogens (tertiary/aromatic N) is 1. The van der Waals surface area contributed by atoms with E-state index in [4.69, 9.17) is 16.3 Å². The second-order valence-corrected chi connectivity index (χ2v) is 8.19. The Kier molecular flexibility index (Phi) is 6.49. The highest BCUT2D eigenvalue weighted by Crippen LogP contribution is 2.35. The summed E-state index contributed by atoms with van der Waals surface area (Å²) in [6.45, 7) is 2.58. The van der Waals surface area contributed by atoms with Gasteiger partial charge in [0, 0.05) is 31.1 Å². The third-order valence-electron chi connectivity index (χ3n) is 5.67. The molecule has 0 spiro atoms. The minimum absolute atomic E-state index is 0.236. The molecule has 3 aromatic rings. The first-order valence-electron chi connectivity index (χ1n) is 10.1. The van der Waals surface area contributed by atoms with E-state index in [0.29, 0.717) is 23.7 Å². The van der Waals surface area contributed by atoms with E-state index in [1.54, 1.807) is 18.2 Å². The first kappa shape index (κ1) is 21.0. The molecule has 0 amide bonds. The molecule has 0 aromatic heterocycles. The highest BCUT2D eigenvalue weighted by atomic mass is 35.5. The van der Waals surface area contributed by atoms with Gasteiger partial charge in [-0.2, -0.15) is 0 Å². The molecule has 3 aromatic carbocycles. The van der Waals surface area contributed by atoms with Gasteiger partial charge in [0.25, 0.3) is 0 Å². The molecule has 0 radical (unpaired) electrons. The van der Waals surface area contributed by atoms with Crippen molar-refractivity contribution in [1.82, 2.24) is 4.90 Å². The smallest absolute Gasteiger partial charge is 0.123 e. The van der Waals surface area contributed by atoms with E-state index in [1.165, 1.54) is 17.7 Å². The normalized spacial score (nSPS) is 19.4. The average molecular weight is 426 g/mol. The van der Waals surface area contributed by atoms with Crippen molar-refractivity contribution in [3.05, 3.63) is 106 Å². The van der Waals surface area contributed by atoms with E-state index in [1.807, 2.05) is 36.4 Å². The molecule has 1 fully saturated rings. The second-order valence-electron chi connectivity index (χ2n) is 7.78. The average Bonchev–Trinajstić information content (AvgIpc) is 2.76. The maximum atomic E-state index is 14.1. The first-order chi connectivity index (χ1) is 14.5. The Bertz CT molecular complexity index is 984. The Balaban J connectivity index is 1.64. The summed E-state index contributed by atoms with van der Waals surface area (Å²) in [6, 6.07) is 23.8. The predicted molar refractivity (Wildman–Crippen MR) is 117 cm³/mol. The molecule has 1 saturated heterocycles. The summed E-state index contributed by atoms with van der Waals surface area (Å²) in [7, 11) is 0. The molecule has 1 heterocycles. The quantitative estimate of drug-likeness (QED) is 0.615. The highest BCUT2D eigenvalue weighted by Gasteiger charge is 2.42. The lowest BCUT2D eigenvalue weighted by molar-refractivity contribution is -0.149. The molecule has 1 aliphatic rings. The number of aliphatic hydroxyl groups is 1. The Morgan fingerprint density at radius 3 is 2.57 bits per heavy atom. The maximum absolute atomic E-state index is 14.1. The van der Waals surface area contributed by atoms with Gasteiger partial charge in [-0.15, -0.1) is 0 Å². The van der Waals surface area contributed by atoms with Crippen LogP contribution in [0.15, 0.2) is 78.9 Å². The van der Waals surface area contributed by atoms with E-state index in [0.717, 1.165) is 18.7 Å². The van der Waals surface area contributed by atoms with Crippen molar-refractivity contribution in [2.75, 3.05) is 19.7 Å². The minimum atomic E-state index is -1.41. The predicted octanol–water partition coefficient (Wildman–Crippen LogP) is 4.81. The Morgan fingerprint density at radius 1 is 1.03 bits per heavy atom. The number of hydrogen-bond donors (Lipinski definition) is 1. The lowest BCUT2D eigenvalue weighted by Crippen LogP contribution is -2.53. The fourth-order valence-electron chi connectivity index (χ4n) is 4.07. The van der Waals surface area contributed by atoms with Crippen molar-refractivity contribution in [1.29, 1.82) is 0 Å². The summed E-state index contributed by atoms with van der Waals surface area (Å²) in [5.74, 6) is -0.387. The van der Waals surface area contributed by atoms with Crippen LogP contribution < -0.4 is 0 Å². The molecule has 1 N–H and O–H groups in total.